The minimum absolute atomic E-state index is 0.215. The Balaban J connectivity index is 1.76. The summed E-state index contributed by atoms with van der Waals surface area (Å²) in [6, 6.07) is 0.252. The Kier molecular flexibility index (Phi) is 3.56. The standard InChI is InChI=1S/C10H19N3O2/c11-9-1-2-12(7-9)8-10(14)13-3-5-15-6-4-13/h9H,1-8,11H2. The maximum absolute atomic E-state index is 11.8. The van der Waals surface area contributed by atoms with E-state index < -0.39 is 0 Å². The van der Waals surface area contributed by atoms with Crippen LogP contribution in [0.4, 0.5) is 0 Å². The van der Waals surface area contributed by atoms with Crippen LogP contribution in [-0.4, -0.2) is 67.7 Å². The summed E-state index contributed by atoms with van der Waals surface area (Å²) in [7, 11) is 0. The maximum Gasteiger partial charge on any atom is 0.236 e. The molecule has 0 aliphatic carbocycles. The number of nitrogens with zero attached hydrogens (tertiary/aromatic N) is 2. The van der Waals surface area contributed by atoms with Crippen molar-refractivity contribution in [3.63, 3.8) is 0 Å². The number of hydrogen-bond acceptors (Lipinski definition) is 4. The van der Waals surface area contributed by atoms with Gasteiger partial charge >= 0.3 is 0 Å². The Morgan fingerprint density at radius 1 is 1.33 bits per heavy atom. The molecule has 2 N–H and O–H groups in total. The van der Waals surface area contributed by atoms with Crippen molar-refractivity contribution in [1.29, 1.82) is 0 Å². The summed E-state index contributed by atoms with van der Waals surface area (Å²) < 4.78 is 5.21. The number of hydrogen-bond donors (Lipinski definition) is 1. The number of carbonyl (C=O) groups is 1. The van der Waals surface area contributed by atoms with Crippen molar-refractivity contribution in [1.82, 2.24) is 9.80 Å². The van der Waals surface area contributed by atoms with Crippen molar-refractivity contribution in [3.8, 4) is 0 Å². The van der Waals surface area contributed by atoms with Crippen LogP contribution in [0.25, 0.3) is 0 Å². The van der Waals surface area contributed by atoms with Crippen LogP contribution in [0.3, 0.4) is 0 Å². The average Bonchev–Trinajstić information content (AvgIpc) is 2.65. The van der Waals surface area contributed by atoms with Gasteiger partial charge in [-0.3, -0.25) is 9.69 Å². The Bertz CT molecular complexity index is 229. The lowest BCUT2D eigenvalue weighted by molar-refractivity contribution is -0.136. The predicted molar refractivity (Wildman–Crippen MR) is 56.4 cm³/mol. The van der Waals surface area contributed by atoms with Gasteiger partial charge in [0, 0.05) is 32.2 Å². The molecule has 5 heteroatoms. The van der Waals surface area contributed by atoms with Crippen molar-refractivity contribution in [2.75, 3.05) is 45.9 Å². The van der Waals surface area contributed by atoms with Crippen LogP contribution in [0.5, 0.6) is 0 Å². The van der Waals surface area contributed by atoms with E-state index in [2.05, 4.69) is 4.90 Å². The predicted octanol–water partition coefficient (Wildman–Crippen LogP) is -1.12. The Hall–Kier alpha value is -0.650. The van der Waals surface area contributed by atoms with Crippen molar-refractivity contribution < 1.29 is 9.53 Å². The lowest BCUT2D eigenvalue weighted by atomic mass is 10.3. The van der Waals surface area contributed by atoms with Gasteiger partial charge in [0.2, 0.25) is 5.91 Å². The Labute approximate surface area is 90.1 Å². The Morgan fingerprint density at radius 3 is 2.67 bits per heavy atom. The second-order valence-electron chi connectivity index (χ2n) is 4.28. The van der Waals surface area contributed by atoms with E-state index in [4.69, 9.17) is 10.5 Å². The number of nitrogens with two attached hydrogens (primary N) is 1. The molecule has 0 aromatic heterocycles. The maximum atomic E-state index is 11.8. The van der Waals surface area contributed by atoms with Crippen LogP contribution in [0.15, 0.2) is 0 Å². The zero-order valence-corrected chi connectivity index (χ0v) is 9.02. The molecule has 2 fully saturated rings. The summed E-state index contributed by atoms with van der Waals surface area (Å²) in [5.41, 5.74) is 5.79. The molecule has 2 rings (SSSR count). The van der Waals surface area contributed by atoms with E-state index in [0.717, 1.165) is 32.6 Å². The molecule has 1 atom stereocenters. The van der Waals surface area contributed by atoms with E-state index in [0.29, 0.717) is 19.8 Å². The molecule has 2 aliphatic heterocycles. The molecule has 15 heavy (non-hydrogen) atoms. The van der Waals surface area contributed by atoms with E-state index >= 15 is 0 Å². The second kappa shape index (κ2) is 4.92. The number of amides is 1. The molecule has 2 saturated heterocycles. The normalized spacial score (nSPS) is 28.3. The molecule has 5 nitrogen and oxygen atoms in total. The largest absolute Gasteiger partial charge is 0.378 e. The third kappa shape index (κ3) is 2.90. The highest BCUT2D eigenvalue weighted by atomic mass is 16.5. The van der Waals surface area contributed by atoms with Gasteiger partial charge < -0.3 is 15.4 Å². The molecule has 0 aromatic rings. The monoisotopic (exact) mass is 213 g/mol. The SMILES string of the molecule is NC1CCN(CC(=O)N2CCOCC2)C1. The Morgan fingerprint density at radius 2 is 2.07 bits per heavy atom. The number of likely N-dealkylation sites (tertiary alicyclic amines) is 1. The lowest BCUT2D eigenvalue weighted by Crippen LogP contribution is -2.45. The smallest absolute Gasteiger partial charge is 0.236 e. The van der Waals surface area contributed by atoms with E-state index in [1.807, 2.05) is 4.90 Å². The number of carbonyl (C=O) groups excluding carboxylic acids is 1. The van der Waals surface area contributed by atoms with E-state index in [9.17, 15) is 4.79 Å². The quantitative estimate of drug-likeness (QED) is 0.631. The fourth-order valence-corrected chi connectivity index (χ4v) is 2.11. The zero-order valence-electron chi connectivity index (χ0n) is 9.02. The van der Waals surface area contributed by atoms with Gasteiger partial charge in [0.1, 0.15) is 0 Å². The molecular formula is C10H19N3O2. The van der Waals surface area contributed by atoms with Crippen LogP contribution in [0.2, 0.25) is 0 Å². The molecule has 0 aromatic carbocycles. The van der Waals surface area contributed by atoms with Crippen LogP contribution in [0.1, 0.15) is 6.42 Å². The first-order chi connectivity index (χ1) is 7.25. The molecule has 0 radical (unpaired) electrons. The summed E-state index contributed by atoms with van der Waals surface area (Å²) >= 11 is 0. The molecular weight excluding hydrogens is 194 g/mol. The van der Waals surface area contributed by atoms with Gasteiger partial charge in [-0.05, 0) is 6.42 Å². The summed E-state index contributed by atoms with van der Waals surface area (Å²) in [6.07, 6.45) is 1.01. The van der Waals surface area contributed by atoms with Crippen LogP contribution in [0, 0.1) is 0 Å². The molecule has 1 amide bonds. The first kappa shape index (κ1) is 10.9. The van der Waals surface area contributed by atoms with Crippen LogP contribution < -0.4 is 5.73 Å². The van der Waals surface area contributed by atoms with Gasteiger partial charge in [-0.25, -0.2) is 0 Å². The van der Waals surface area contributed by atoms with Gasteiger partial charge in [0.05, 0.1) is 19.8 Å². The molecule has 86 valence electrons. The third-order valence-corrected chi connectivity index (χ3v) is 3.03. The van der Waals surface area contributed by atoms with Crippen LogP contribution in [-0.2, 0) is 9.53 Å². The van der Waals surface area contributed by atoms with Crippen LogP contribution >= 0.6 is 0 Å². The highest BCUT2D eigenvalue weighted by Crippen LogP contribution is 2.07. The zero-order chi connectivity index (χ0) is 10.7. The molecule has 2 heterocycles. The van der Waals surface area contributed by atoms with Gasteiger partial charge in [-0.15, -0.1) is 0 Å². The molecule has 0 spiro atoms. The summed E-state index contributed by atoms with van der Waals surface area (Å²) in [5, 5.41) is 0. The molecule has 2 aliphatic rings. The van der Waals surface area contributed by atoms with E-state index in [1.165, 1.54) is 0 Å². The highest BCUT2D eigenvalue weighted by Gasteiger charge is 2.24. The van der Waals surface area contributed by atoms with Gasteiger partial charge in [-0.2, -0.15) is 0 Å². The van der Waals surface area contributed by atoms with Crippen molar-refractivity contribution >= 4 is 5.91 Å². The highest BCUT2D eigenvalue weighted by molar-refractivity contribution is 5.78. The number of morpholine rings is 1. The first-order valence-corrected chi connectivity index (χ1v) is 5.59. The van der Waals surface area contributed by atoms with E-state index in [-0.39, 0.29) is 11.9 Å². The van der Waals surface area contributed by atoms with E-state index in [1.54, 1.807) is 0 Å². The van der Waals surface area contributed by atoms with Crippen molar-refractivity contribution in [3.05, 3.63) is 0 Å². The first-order valence-electron chi connectivity index (χ1n) is 5.59. The number of ether oxygens (including phenoxy) is 1. The summed E-state index contributed by atoms with van der Waals surface area (Å²) in [5.74, 6) is 0.215. The second-order valence-corrected chi connectivity index (χ2v) is 4.28. The van der Waals surface area contributed by atoms with Crippen molar-refractivity contribution in [2.24, 2.45) is 5.73 Å². The minimum atomic E-state index is 0.215. The summed E-state index contributed by atoms with van der Waals surface area (Å²) in [4.78, 5) is 15.9. The molecule has 1 unspecified atom stereocenters. The van der Waals surface area contributed by atoms with Gasteiger partial charge in [0.25, 0.3) is 0 Å². The molecule has 0 saturated carbocycles. The molecule has 0 bridgehead atoms. The minimum Gasteiger partial charge on any atom is -0.378 e. The van der Waals surface area contributed by atoms with Gasteiger partial charge in [0.15, 0.2) is 0 Å². The fraction of sp³-hybridized carbons (Fsp3) is 0.900. The van der Waals surface area contributed by atoms with Crippen molar-refractivity contribution in [2.45, 2.75) is 12.5 Å². The third-order valence-electron chi connectivity index (χ3n) is 3.03. The van der Waals surface area contributed by atoms with Gasteiger partial charge in [-0.1, -0.05) is 0 Å². The lowest BCUT2D eigenvalue weighted by Gasteiger charge is -2.28. The topological polar surface area (TPSA) is 58.8 Å². The number of rotatable bonds is 2. The summed E-state index contributed by atoms with van der Waals surface area (Å²) in [6.45, 7) is 5.15. The fourth-order valence-electron chi connectivity index (χ4n) is 2.11. The average molecular weight is 213 g/mol.